The van der Waals surface area contributed by atoms with E-state index in [9.17, 15) is 0 Å². The zero-order chi connectivity index (χ0) is 13.9. The lowest BCUT2D eigenvalue weighted by atomic mass is 10.1. The summed E-state index contributed by atoms with van der Waals surface area (Å²) in [5.41, 5.74) is 3.28. The first-order valence-corrected chi connectivity index (χ1v) is 7.72. The minimum atomic E-state index is 0.107. The van der Waals surface area contributed by atoms with Crippen molar-refractivity contribution in [1.82, 2.24) is 20.1 Å². The number of aryl methyl sites for hydroxylation is 1. The molecule has 3 heterocycles. The van der Waals surface area contributed by atoms with Gasteiger partial charge in [0.25, 0.3) is 0 Å². The smallest absolute Gasteiger partial charge is 0.0839 e. The molecule has 1 atom stereocenters. The standard InChI is InChI=1S/C15H18N4S/c1-3-6-16-15(13-4-7-19(2)18-13)11-9-14-12(17-10-11)5-8-20-14/h4-5,7-10,15-16H,3,6H2,1-2H3. The summed E-state index contributed by atoms with van der Waals surface area (Å²) >= 11 is 1.73. The fraction of sp³-hybridized carbons (Fsp3) is 0.333. The van der Waals surface area contributed by atoms with Gasteiger partial charge in [0.05, 0.1) is 22.0 Å². The van der Waals surface area contributed by atoms with E-state index in [1.54, 1.807) is 11.3 Å². The van der Waals surface area contributed by atoms with E-state index in [1.807, 2.05) is 24.1 Å². The van der Waals surface area contributed by atoms with Crippen molar-refractivity contribution in [1.29, 1.82) is 0 Å². The minimum absolute atomic E-state index is 0.107. The van der Waals surface area contributed by atoms with E-state index in [2.05, 4.69) is 45.9 Å². The Balaban J connectivity index is 1.98. The summed E-state index contributed by atoms with van der Waals surface area (Å²) in [6, 6.07) is 6.44. The van der Waals surface area contributed by atoms with Crippen LogP contribution in [0, 0.1) is 0 Å². The Kier molecular flexibility index (Phi) is 3.80. The van der Waals surface area contributed by atoms with Gasteiger partial charge in [-0.25, -0.2) is 0 Å². The molecule has 3 rings (SSSR count). The fourth-order valence-corrected chi connectivity index (χ4v) is 3.08. The molecule has 0 bridgehead atoms. The van der Waals surface area contributed by atoms with Gasteiger partial charge in [0.2, 0.25) is 0 Å². The Labute approximate surface area is 122 Å². The number of nitrogens with zero attached hydrogens (tertiary/aromatic N) is 3. The van der Waals surface area contributed by atoms with Crippen LogP contribution in [0.4, 0.5) is 0 Å². The third-order valence-electron chi connectivity index (χ3n) is 3.29. The number of thiophene rings is 1. The SMILES string of the molecule is CCCNC(c1cnc2ccsc2c1)c1ccn(C)n1. The predicted octanol–water partition coefficient (Wildman–Crippen LogP) is 3.12. The minimum Gasteiger partial charge on any atom is -0.305 e. The number of hydrogen-bond donors (Lipinski definition) is 1. The van der Waals surface area contributed by atoms with Crippen molar-refractivity contribution in [3.8, 4) is 0 Å². The van der Waals surface area contributed by atoms with Crippen molar-refractivity contribution in [2.24, 2.45) is 7.05 Å². The van der Waals surface area contributed by atoms with E-state index in [-0.39, 0.29) is 6.04 Å². The van der Waals surface area contributed by atoms with Crippen molar-refractivity contribution in [2.75, 3.05) is 6.54 Å². The van der Waals surface area contributed by atoms with Crippen LogP contribution in [0.1, 0.15) is 30.6 Å². The predicted molar refractivity (Wildman–Crippen MR) is 83.0 cm³/mol. The van der Waals surface area contributed by atoms with Crippen LogP contribution < -0.4 is 5.32 Å². The molecule has 0 saturated heterocycles. The number of nitrogens with one attached hydrogen (secondary N) is 1. The molecular formula is C15H18N4S. The number of hydrogen-bond acceptors (Lipinski definition) is 4. The Hall–Kier alpha value is -1.72. The molecule has 0 saturated carbocycles. The molecule has 104 valence electrons. The average molecular weight is 286 g/mol. The summed E-state index contributed by atoms with van der Waals surface area (Å²) in [4.78, 5) is 4.54. The van der Waals surface area contributed by atoms with Crippen LogP contribution in [-0.4, -0.2) is 21.3 Å². The lowest BCUT2D eigenvalue weighted by Gasteiger charge is -2.16. The van der Waals surface area contributed by atoms with Crippen molar-refractivity contribution < 1.29 is 0 Å². The Morgan fingerprint density at radius 1 is 1.40 bits per heavy atom. The molecule has 1 unspecified atom stereocenters. The molecule has 20 heavy (non-hydrogen) atoms. The van der Waals surface area contributed by atoms with Crippen molar-refractivity contribution >= 4 is 21.6 Å². The van der Waals surface area contributed by atoms with E-state index in [1.165, 1.54) is 10.3 Å². The fourth-order valence-electron chi connectivity index (χ4n) is 2.29. The molecule has 1 N–H and O–H groups in total. The van der Waals surface area contributed by atoms with Crippen molar-refractivity contribution in [3.05, 3.63) is 47.2 Å². The van der Waals surface area contributed by atoms with E-state index in [0.717, 1.165) is 24.2 Å². The monoisotopic (exact) mass is 286 g/mol. The second-order valence-electron chi connectivity index (χ2n) is 4.87. The van der Waals surface area contributed by atoms with Gasteiger partial charge in [-0.3, -0.25) is 9.67 Å². The number of aromatic nitrogens is 3. The summed E-state index contributed by atoms with van der Waals surface area (Å²) < 4.78 is 3.06. The van der Waals surface area contributed by atoms with Gasteiger partial charge in [0.15, 0.2) is 0 Å². The van der Waals surface area contributed by atoms with Crippen LogP contribution >= 0.6 is 11.3 Å². The lowest BCUT2D eigenvalue weighted by molar-refractivity contribution is 0.575. The Morgan fingerprint density at radius 3 is 3.05 bits per heavy atom. The van der Waals surface area contributed by atoms with Crippen LogP contribution in [0.15, 0.2) is 36.0 Å². The summed E-state index contributed by atoms with van der Waals surface area (Å²) in [7, 11) is 1.95. The molecule has 0 aliphatic carbocycles. The summed E-state index contributed by atoms with van der Waals surface area (Å²) in [6.07, 6.45) is 5.03. The molecule has 0 radical (unpaired) electrons. The Bertz CT molecular complexity index is 701. The average Bonchev–Trinajstić information content (AvgIpc) is 3.07. The maximum Gasteiger partial charge on any atom is 0.0839 e. The highest BCUT2D eigenvalue weighted by Crippen LogP contribution is 2.25. The first-order chi connectivity index (χ1) is 9.78. The van der Waals surface area contributed by atoms with Crippen molar-refractivity contribution in [2.45, 2.75) is 19.4 Å². The molecule has 5 heteroatoms. The third-order valence-corrected chi connectivity index (χ3v) is 4.14. The summed E-state index contributed by atoms with van der Waals surface area (Å²) in [5.74, 6) is 0. The zero-order valence-corrected chi connectivity index (χ0v) is 12.5. The molecular weight excluding hydrogens is 268 g/mol. The highest BCUT2D eigenvalue weighted by Gasteiger charge is 2.17. The van der Waals surface area contributed by atoms with E-state index in [0.29, 0.717) is 0 Å². The van der Waals surface area contributed by atoms with Crippen molar-refractivity contribution in [3.63, 3.8) is 0 Å². The molecule has 4 nitrogen and oxygen atoms in total. The molecule has 0 aliphatic heterocycles. The van der Waals surface area contributed by atoms with Gasteiger partial charge in [-0.1, -0.05) is 6.92 Å². The quantitative estimate of drug-likeness (QED) is 0.783. The van der Waals surface area contributed by atoms with Gasteiger partial charge in [-0.15, -0.1) is 11.3 Å². The first-order valence-electron chi connectivity index (χ1n) is 6.84. The van der Waals surface area contributed by atoms with Gasteiger partial charge in [0.1, 0.15) is 0 Å². The normalized spacial score (nSPS) is 12.9. The first kappa shape index (κ1) is 13.3. The van der Waals surface area contributed by atoms with Gasteiger partial charge in [-0.05, 0) is 42.1 Å². The lowest BCUT2D eigenvalue weighted by Crippen LogP contribution is -2.23. The third kappa shape index (κ3) is 2.59. The molecule has 3 aromatic heterocycles. The Morgan fingerprint density at radius 2 is 2.30 bits per heavy atom. The second-order valence-corrected chi connectivity index (χ2v) is 5.82. The maximum absolute atomic E-state index is 4.54. The number of pyridine rings is 1. The number of rotatable bonds is 5. The largest absolute Gasteiger partial charge is 0.305 e. The molecule has 0 aliphatic rings. The van der Waals surface area contributed by atoms with Crippen LogP contribution in [-0.2, 0) is 7.05 Å². The van der Waals surface area contributed by atoms with Crippen LogP contribution in [0.5, 0.6) is 0 Å². The topological polar surface area (TPSA) is 42.7 Å². The van der Waals surface area contributed by atoms with E-state index in [4.69, 9.17) is 0 Å². The van der Waals surface area contributed by atoms with Crippen LogP contribution in [0.2, 0.25) is 0 Å². The van der Waals surface area contributed by atoms with E-state index < -0.39 is 0 Å². The maximum atomic E-state index is 4.54. The summed E-state index contributed by atoms with van der Waals surface area (Å²) in [6.45, 7) is 3.13. The zero-order valence-electron chi connectivity index (χ0n) is 11.7. The van der Waals surface area contributed by atoms with Gasteiger partial charge in [0, 0.05) is 19.4 Å². The van der Waals surface area contributed by atoms with Gasteiger partial charge in [-0.2, -0.15) is 5.10 Å². The van der Waals surface area contributed by atoms with E-state index >= 15 is 0 Å². The highest BCUT2D eigenvalue weighted by molar-refractivity contribution is 7.17. The highest BCUT2D eigenvalue weighted by atomic mass is 32.1. The van der Waals surface area contributed by atoms with Crippen LogP contribution in [0.25, 0.3) is 10.2 Å². The van der Waals surface area contributed by atoms with Crippen LogP contribution in [0.3, 0.4) is 0 Å². The molecule has 0 amide bonds. The summed E-state index contributed by atoms with van der Waals surface area (Å²) in [5, 5.41) is 10.2. The number of fused-ring (bicyclic) bond motifs is 1. The van der Waals surface area contributed by atoms with Gasteiger partial charge < -0.3 is 5.32 Å². The second kappa shape index (κ2) is 5.73. The molecule has 0 fully saturated rings. The van der Waals surface area contributed by atoms with Gasteiger partial charge >= 0.3 is 0 Å². The molecule has 3 aromatic rings. The molecule has 0 aromatic carbocycles. The molecule has 0 spiro atoms.